The largest absolute Gasteiger partial charge is 0.384 e. The second-order valence-electron chi connectivity index (χ2n) is 5.42. The molecule has 1 aromatic rings. The molecule has 1 aromatic carbocycles. The lowest BCUT2D eigenvalue weighted by Crippen LogP contribution is -2.36. The molecule has 1 amide bonds. The van der Waals surface area contributed by atoms with E-state index < -0.39 is 0 Å². The van der Waals surface area contributed by atoms with Gasteiger partial charge in [-0.25, -0.2) is 0 Å². The van der Waals surface area contributed by atoms with Crippen LogP contribution in [0.1, 0.15) is 24.0 Å². The van der Waals surface area contributed by atoms with E-state index >= 15 is 0 Å². The Morgan fingerprint density at radius 2 is 2.14 bits per heavy atom. The van der Waals surface area contributed by atoms with Crippen molar-refractivity contribution in [3.63, 3.8) is 0 Å². The Morgan fingerprint density at radius 1 is 1.38 bits per heavy atom. The number of likely N-dealkylation sites (N-methyl/N-ethyl adjacent to an activating group) is 1. The fourth-order valence-electron chi connectivity index (χ4n) is 2.55. The number of carbonyl (C=O) groups excluding carboxylic acids is 1. The fourth-order valence-corrected chi connectivity index (χ4v) is 2.55. The Kier molecular flexibility index (Phi) is 5.79. The normalized spacial score (nSPS) is 14.1. The molecule has 1 fully saturated rings. The molecule has 1 heterocycles. The third kappa shape index (κ3) is 4.89. The van der Waals surface area contributed by atoms with Crippen molar-refractivity contribution < 1.29 is 9.90 Å². The third-order valence-electron chi connectivity index (χ3n) is 3.56. The van der Waals surface area contributed by atoms with E-state index in [4.69, 9.17) is 5.11 Å². The monoisotopic (exact) mass is 286 g/mol. The Morgan fingerprint density at radius 3 is 2.86 bits per heavy atom. The SMILES string of the molecule is CN(CC(=O)N1CCCC1)Cc1cccc(C#CCO)c1. The van der Waals surface area contributed by atoms with Gasteiger partial charge in [-0.05, 0) is 37.6 Å². The summed E-state index contributed by atoms with van der Waals surface area (Å²) in [7, 11) is 1.96. The van der Waals surface area contributed by atoms with Crippen LogP contribution in [0.4, 0.5) is 0 Å². The molecule has 0 atom stereocenters. The van der Waals surface area contributed by atoms with Crippen LogP contribution in [0.2, 0.25) is 0 Å². The molecule has 0 aliphatic carbocycles. The summed E-state index contributed by atoms with van der Waals surface area (Å²) in [5.41, 5.74) is 2.01. The van der Waals surface area contributed by atoms with E-state index in [2.05, 4.69) is 11.8 Å². The lowest BCUT2D eigenvalue weighted by molar-refractivity contribution is -0.131. The molecule has 0 aromatic heterocycles. The van der Waals surface area contributed by atoms with Crippen molar-refractivity contribution in [2.24, 2.45) is 0 Å². The molecule has 0 saturated carbocycles. The van der Waals surface area contributed by atoms with Crippen molar-refractivity contribution in [3.05, 3.63) is 35.4 Å². The summed E-state index contributed by atoms with van der Waals surface area (Å²) in [5.74, 6) is 5.76. The van der Waals surface area contributed by atoms with E-state index in [9.17, 15) is 4.79 Å². The number of benzene rings is 1. The molecule has 0 bridgehead atoms. The van der Waals surface area contributed by atoms with Gasteiger partial charge in [0.2, 0.25) is 5.91 Å². The maximum Gasteiger partial charge on any atom is 0.236 e. The molecule has 0 radical (unpaired) electrons. The summed E-state index contributed by atoms with van der Waals surface area (Å²) in [6, 6.07) is 7.90. The Labute approximate surface area is 126 Å². The molecule has 0 spiro atoms. The number of rotatable bonds is 4. The smallest absolute Gasteiger partial charge is 0.236 e. The highest BCUT2D eigenvalue weighted by Crippen LogP contribution is 2.10. The zero-order chi connectivity index (χ0) is 15.1. The van der Waals surface area contributed by atoms with E-state index in [-0.39, 0.29) is 12.5 Å². The molecule has 1 aliphatic heterocycles. The lowest BCUT2D eigenvalue weighted by Gasteiger charge is -2.21. The van der Waals surface area contributed by atoms with E-state index in [1.165, 1.54) is 0 Å². The summed E-state index contributed by atoms with van der Waals surface area (Å²) in [4.78, 5) is 16.1. The van der Waals surface area contributed by atoms with Gasteiger partial charge in [0.05, 0.1) is 6.54 Å². The van der Waals surface area contributed by atoms with Crippen molar-refractivity contribution in [2.75, 3.05) is 33.3 Å². The first-order valence-electron chi connectivity index (χ1n) is 7.34. The molecule has 4 nitrogen and oxygen atoms in total. The molecule has 4 heteroatoms. The van der Waals surface area contributed by atoms with E-state index in [1.54, 1.807) is 0 Å². The van der Waals surface area contributed by atoms with E-state index in [1.807, 2.05) is 41.1 Å². The third-order valence-corrected chi connectivity index (χ3v) is 3.56. The number of aliphatic hydroxyl groups excluding tert-OH is 1. The van der Waals surface area contributed by atoms with Crippen LogP contribution in [-0.2, 0) is 11.3 Å². The predicted octanol–water partition coefficient (Wildman–Crippen LogP) is 1.08. The first kappa shape index (κ1) is 15.6. The maximum atomic E-state index is 12.1. The van der Waals surface area contributed by atoms with Gasteiger partial charge in [0, 0.05) is 25.2 Å². The molecular formula is C17H22N2O2. The number of hydrogen-bond donors (Lipinski definition) is 1. The van der Waals surface area contributed by atoms with Crippen LogP contribution in [-0.4, -0.2) is 54.1 Å². The van der Waals surface area contributed by atoms with Crippen LogP contribution in [0.15, 0.2) is 24.3 Å². The standard InChI is InChI=1S/C17H22N2O2/c1-18(14-17(21)19-9-2-3-10-19)13-16-7-4-6-15(12-16)8-5-11-20/h4,6-7,12,20H,2-3,9-11,13-14H2,1H3. The van der Waals surface area contributed by atoms with Gasteiger partial charge in [-0.3, -0.25) is 9.69 Å². The first-order valence-corrected chi connectivity index (χ1v) is 7.34. The molecule has 1 N–H and O–H groups in total. The van der Waals surface area contributed by atoms with E-state index in [0.717, 1.165) is 37.1 Å². The van der Waals surface area contributed by atoms with Crippen molar-refractivity contribution in [3.8, 4) is 11.8 Å². The molecule has 1 aliphatic rings. The number of amides is 1. The van der Waals surface area contributed by atoms with Crippen molar-refractivity contribution in [2.45, 2.75) is 19.4 Å². The van der Waals surface area contributed by atoms with Gasteiger partial charge in [0.1, 0.15) is 6.61 Å². The highest BCUT2D eigenvalue weighted by atomic mass is 16.2. The second-order valence-corrected chi connectivity index (χ2v) is 5.42. The first-order chi connectivity index (χ1) is 10.2. The van der Waals surface area contributed by atoms with Gasteiger partial charge >= 0.3 is 0 Å². The van der Waals surface area contributed by atoms with Gasteiger partial charge < -0.3 is 10.0 Å². The van der Waals surface area contributed by atoms with Crippen LogP contribution in [0.25, 0.3) is 0 Å². The highest BCUT2D eigenvalue weighted by molar-refractivity contribution is 5.78. The number of hydrogen-bond acceptors (Lipinski definition) is 3. The number of carbonyl (C=O) groups is 1. The highest BCUT2D eigenvalue weighted by Gasteiger charge is 2.18. The molecular weight excluding hydrogens is 264 g/mol. The zero-order valence-electron chi connectivity index (χ0n) is 12.5. The number of nitrogens with zero attached hydrogens (tertiary/aromatic N) is 2. The van der Waals surface area contributed by atoms with Gasteiger partial charge in [-0.1, -0.05) is 24.0 Å². The number of aliphatic hydroxyl groups is 1. The van der Waals surface area contributed by atoms with Crippen LogP contribution in [0, 0.1) is 11.8 Å². The van der Waals surface area contributed by atoms with Gasteiger partial charge in [-0.2, -0.15) is 0 Å². The summed E-state index contributed by atoms with van der Waals surface area (Å²) in [6.45, 7) is 2.84. The quantitative estimate of drug-likeness (QED) is 0.843. The van der Waals surface area contributed by atoms with Gasteiger partial charge in [0.15, 0.2) is 0 Å². The lowest BCUT2D eigenvalue weighted by atomic mass is 10.1. The van der Waals surface area contributed by atoms with Crippen molar-refractivity contribution >= 4 is 5.91 Å². The Bertz CT molecular complexity index is 539. The molecule has 2 rings (SSSR count). The van der Waals surface area contributed by atoms with E-state index in [0.29, 0.717) is 13.1 Å². The minimum atomic E-state index is -0.130. The molecule has 0 unspecified atom stereocenters. The minimum absolute atomic E-state index is 0.130. The summed E-state index contributed by atoms with van der Waals surface area (Å²) < 4.78 is 0. The predicted molar refractivity (Wildman–Crippen MR) is 82.6 cm³/mol. The van der Waals surface area contributed by atoms with Crippen molar-refractivity contribution in [1.82, 2.24) is 9.80 Å². The second kappa shape index (κ2) is 7.82. The van der Waals surface area contributed by atoms with Crippen LogP contribution < -0.4 is 0 Å². The zero-order valence-corrected chi connectivity index (χ0v) is 12.5. The maximum absolute atomic E-state index is 12.1. The van der Waals surface area contributed by atoms with Crippen LogP contribution in [0.3, 0.4) is 0 Å². The minimum Gasteiger partial charge on any atom is -0.384 e. The summed E-state index contributed by atoms with van der Waals surface area (Å²) in [5, 5.41) is 8.72. The van der Waals surface area contributed by atoms with Crippen LogP contribution in [0.5, 0.6) is 0 Å². The fraction of sp³-hybridized carbons (Fsp3) is 0.471. The number of likely N-dealkylation sites (tertiary alicyclic amines) is 1. The Hall–Kier alpha value is -1.83. The summed E-state index contributed by atoms with van der Waals surface area (Å²) >= 11 is 0. The van der Waals surface area contributed by atoms with Crippen molar-refractivity contribution in [1.29, 1.82) is 0 Å². The molecule has 1 saturated heterocycles. The van der Waals surface area contributed by atoms with Gasteiger partial charge in [-0.15, -0.1) is 0 Å². The average Bonchev–Trinajstić information content (AvgIpc) is 2.99. The molecule has 112 valence electrons. The summed E-state index contributed by atoms with van der Waals surface area (Å²) in [6.07, 6.45) is 2.25. The molecule has 21 heavy (non-hydrogen) atoms. The van der Waals surface area contributed by atoms with Gasteiger partial charge in [0.25, 0.3) is 0 Å². The average molecular weight is 286 g/mol. The van der Waals surface area contributed by atoms with Crippen LogP contribution >= 0.6 is 0 Å². The topological polar surface area (TPSA) is 43.8 Å². The Balaban J connectivity index is 1.89.